The lowest BCUT2D eigenvalue weighted by Gasteiger charge is -2.30. The minimum Gasteiger partial charge on any atom is -0.467 e. The molecule has 106 valence electrons. The van der Waals surface area contributed by atoms with Gasteiger partial charge in [0.1, 0.15) is 6.04 Å². The van der Waals surface area contributed by atoms with E-state index in [1.54, 1.807) is 0 Å². The fourth-order valence-corrected chi connectivity index (χ4v) is 1.22. The van der Waals surface area contributed by atoms with Gasteiger partial charge in [-0.15, -0.1) is 0 Å². The van der Waals surface area contributed by atoms with E-state index in [1.807, 2.05) is 0 Å². The molecule has 1 amide bonds. The van der Waals surface area contributed by atoms with Crippen LogP contribution in [0.15, 0.2) is 0 Å². The van der Waals surface area contributed by atoms with Gasteiger partial charge < -0.3 is 30.7 Å². The van der Waals surface area contributed by atoms with Gasteiger partial charge in [0.2, 0.25) is 5.91 Å². The predicted molar refractivity (Wildman–Crippen MR) is 61.6 cm³/mol. The summed E-state index contributed by atoms with van der Waals surface area (Å²) in [6, 6.07) is -0.962. The van der Waals surface area contributed by atoms with Crippen LogP contribution in [0.2, 0.25) is 0 Å². The van der Waals surface area contributed by atoms with Crippen LogP contribution < -0.4 is 10.6 Å². The zero-order valence-corrected chi connectivity index (χ0v) is 10.5. The van der Waals surface area contributed by atoms with Crippen LogP contribution in [0.5, 0.6) is 0 Å². The van der Waals surface area contributed by atoms with Gasteiger partial charge in [0.25, 0.3) is 0 Å². The second kappa shape index (κ2) is 7.98. The number of methoxy groups -OCH3 is 1. The Balaban J connectivity index is 4.58. The number of ether oxygens (including phenoxy) is 1. The number of aliphatic hydroxyl groups is 3. The Bertz CT molecular complexity index is 271. The molecule has 1 unspecified atom stereocenters. The third kappa shape index (κ3) is 4.96. The summed E-state index contributed by atoms with van der Waals surface area (Å²) >= 11 is 0. The Morgan fingerprint density at radius 3 is 2.06 bits per heavy atom. The average Bonchev–Trinajstić information content (AvgIpc) is 2.38. The monoisotopic (exact) mass is 264 g/mol. The Labute approximate surface area is 105 Å². The van der Waals surface area contributed by atoms with Crippen LogP contribution in [0.4, 0.5) is 0 Å². The van der Waals surface area contributed by atoms with E-state index >= 15 is 0 Å². The molecule has 0 aromatic carbocycles. The van der Waals surface area contributed by atoms with Crippen LogP contribution in [-0.4, -0.2) is 72.3 Å². The fraction of sp³-hybridized carbons (Fsp3) is 0.800. The SMILES string of the molecule is COC(=O)C(CNC(CO)(CO)CO)NC(C)=O. The van der Waals surface area contributed by atoms with E-state index in [2.05, 4.69) is 15.4 Å². The molecule has 8 nitrogen and oxygen atoms in total. The van der Waals surface area contributed by atoms with E-state index in [9.17, 15) is 9.59 Å². The Hall–Kier alpha value is -1.22. The van der Waals surface area contributed by atoms with Gasteiger partial charge in [0, 0.05) is 13.5 Å². The molecule has 0 rings (SSSR count). The number of carbonyl (C=O) groups is 2. The molecular weight excluding hydrogens is 244 g/mol. The quantitative estimate of drug-likeness (QED) is 0.295. The van der Waals surface area contributed by atoms with Gasteiger partial charge in [-0.2, -0.15) is 0 Å². The smallest absolute Gasteiger partial charge is 0.329 e. The second-order valence-electron chi connectivity index (χ2n) is 3.91. The number of aliphatic hydroxyl groups excluding tert-OH is 3. The maximum absolute atomic E-state index is 11.4. The molecule has 0 heterocycles. The van der Waals surface area contributed by atoms with Crippen molar-refractivity contribution < 1.29 is 29.6 Å². The molecular formula is C10H20N2O6. The molecule has 0 aliphatic carbocycles. The molecule has 0 aliphatic heterocycles. The summed E-state index contributed by atoms with van der Waals surface area (Å²) in [7, 11) is 1.18. The number of rotatable bonds is 8. The minimum atomic E-state index is -1.31. The number of amides is 1. The zero-order chi connectivity index (χ0) is 14.2. The minimum absolute atomic E-state index is 0.0894. The van der Waals surface area contributed by atoms with E-state index in [-0.39, 0.29) is 6.54 Å². The summed E-state index contributed by atoms with van der Waals surface area (Å²) in [4.78, 5) is 22.3. The van der Waals surface area contributed by atoms with Crippen molar-refractivity contribution in [1.82, 2.24) is 10.6 Å². The number of hydrogen-bond donors (Lipinski definition) is 5. The summed E-state index contributed by atoms with van der Waals surface area (Å²) in [6.45, 7) is -0.406. The molecule has 0 aromatic rings. The van der Waals surface area contributed by atoms with E-state index in [0.717, 1.165) is 0 Å². The number of carbonyl (C=O) groups excluding carboxylic acids is 2. The highest BCUT2D eigenvalue weighted by Crippen LogP contribution is 2.02. The van der Waals surface area contributed by atoms with Crippen molar-refractivity contribution in [3.8, 4) is 0 Å². The van der Waals surface area contributed by atoms with Gasteiger partial charge in [-0.3, -0.25) is 4.79 Å². The molecule has 0 aromatic heterocycles. The summed E-state index contributed by atoms with van der Waals surface area (Å²) in [5.74, 6) is -1.09. The van der Waals surface area contributed by atoms with Gasteiger partial charge in [0.05, 0.1) is 32.5 Å². The average molecular weight is 264 g/mol. The van der Waals surface area contributed by atoms with Crippen LogP contribution in [-0.2, 0) is 14.3 Å². The van der Waals surface area contributed by atoms with Crippen LogP contribution >= 0.6 is 0 Å². The normalized spacial score (nSPS) is 12.9. The first-order valence-corrected chi connectivity index (χ1v) is 5.37. The Morgan fingerprint density at radius 1 is 1.22 bits per heavy atom. The number of nitrogens with one attached hydrogen (secondary N) is 2. The van der Waals surface area contributed by atoms with Gasteiger partial charge in [0.15, 0.2) is 0 Å². The summed E-state index contributed by atoms with van der Waals surface area (Å²) in [6.07, 6.45) is 0. The highest BCUT2D eigenvalue weighted by molar-refractivity contribution is 5.83. The van der Waals surface area contributed by atoms with E-state index in [4.69, 9.17) is 15.3 Å². The van der Waals surface area contributed by atoms with Crippen molar-refractivity contribution in [2.75, 3.05) is 33.5 Å². The molecule has 18 heavy (non-hydrogen) atoms. The Kier molecular flexibility index (Phi) is 7.44. The van der Waals surface area contributed by atoms with Crippen molar-refractivity contribution in [2.24, 2.45) is 0 Å². The largest absolute Gasteiger partial charge is 0.467 e. The lowest BCUT2D eigenvalue weighted by molar-refractivity contribution is -0.145. The third-order valence-corrected chi connectivity index (χ3v) is 2.45. The maximum atomic E-state index is 11.4. The topological polar surface area (TPSA) is 128 Å². The van der Waals surface area contributed by atoms with Gasteiger partial charge in [-0.05, 0) is 0 Å². The first kappa shape index (κ1) is 16.8. The van der Waals surface area contributed by atoms with Crippen LogP contribution in [0.25, 0.3) is 0 Å². The zero-order valence-electron chi connectivity index (χ0n) is 10.5. The summed E-state index contributed by atoms with van der Waals surface area (Å²) in [5, 5.41) is 32.2. The molecule has 5 N–H and O–H groups in total. The second-order valence-corrected chi connectivity index (χ2v) is 3.91. The van der Waals surface area contributed by atoms with E-state index in [1.165, 1.54) is 14.0 Å². The van der Waals surface area contributed by atoms with Crippen molar-refractivity contribution >= 4 is 11.9 Å². The first-order valence-electron chi connectivity index (χ1n) is 5.37. The molecule has 0 fully saturated rings. The Morgan fingerprint density at radius 2 is 1.72 bits per heavy atom. The molecule has 0 aliphatic rings. The maximum Gasteiger partial charge on any atom is 0.329 e. The van der Waals surface area contributed by atoms with E-state index < -0.39 is 43.3 Å². The molecule has 0 saturated carbocycles. The third-order valence-electron chi connectivity index (χ3n) is 2.45. The lowest BCUT2D eigenvalue weighted by atomic mass is 10.0. The van der Waals surface area contributed by atoms with Gasteiger partial charge in [-0.1, -0.05) is 0 Å². The van der Waals surface area contributed by atoms with Gasteiger partial charge >= 0.3 is 5.97 Å². The standard InChI is InChI=1S/C10H20N2O6/c1-7(16)12-8(9(17)18-2)3-11-10(4-13,5-14)6-15/h8,11,13-15H,3-6H2,1-2H3,(H,12,16). The van der Waals surface area contributed by atoms with Crippen molar-refractivity contribution in [3.63, 3.8) is 0 Å². The fourth-order valence-electron chi connectivity index (χ4n) is 1.22. The summed E-state index contributed by atoms with van der Waals surface area (Å²) < 4.78 is 4.50. The number of hydrogen-bond acceptors (Lipinski definition) is 7. The highest BCUT2D eigenvalue weighted by Gasteiger charge is 2.30. The van der Waals surface area contributed by atoms with Gasteiger partial charge in [-0.25, -0.2) is 4.79 Å². The molecule has 1 atom stereocenters. The van der Waals surface area contributed by atoms with Crippen LogP contribution in [0, 0.1) is 0 Å². The van der Waals surface area contributed by atoms with Crippen molar-refractivity contribution in [2.45, 2.75) is 18.5 Å². The van der Waals surface area contributed by atoms with Crippen LogP contribution in [0.1, 0.15) is 6.92 Å². The van der Waals surface area contributed by atoms with E-state index in [0.29, 0.717) is 0 Å². The molecule has 0 saturated heterocycles. The van der Waals surface area contributed by atoms with Crippen LogP contribution in [0.3, 0.4) is 0 Å². The lowest BCUT2D eigenvalue weighted by Crippen LogP contribution is -2.59. The first-order chi connectivity index (χ1) is 8.44. The summed E-state index contributed by atoms with van der Waals surface area (Å²) in [5.41, 5.74) is -1.31. The number of esters is 1. The van der Waals surface area contributed by atoms with Crippen molar-refractivity contribution in [1.29, 1.82) is 0 Å². The molecule has 0 radical (unpaired) electrons. The predicted octanol–water partition coefficient (Wildman–Crippen LogP) is -3.03. The molecule has 0 bridgehead atoms. The highest BCUT2D eigenvalue weighted by atomic mass is 16.5. The molecule has 0 spiro atoms. The molecule has 8 heteroatoms. The van der Waals surface area contributed by atoms with Crippen molar-refractivity contribution in [3.05, 3.63) is 0 Å².